The van der Waals surface area contributed by atoms with Gasteiger partial charge in [-0.1, -0.05) is 0 Å². The summed E-state index contributed by atoms with van der Waals surface area (Å²) in [5.41, 5.74) is -1.30. The number of ketones is 2. The largest absolute Gasteiger partial charge is 0.425 e. The zero-order chi connectivity index (χ0) is 9.35. The lowest BCUT2D eigenvalue weighted by molar-refractivity contribution is -0.112. The van der Waals surface area contributed by atoms with Gasteiger partial charge in [-0.15, -0.1) is 0 Å². The summed E-state index contributed by atoms with van der Waals surface area (Å²) >= 11 is 0. The standard InChI is InChI=1S/C7H3F3O2/c8-7(9,10)5-3-4(11)1-2-6(5)12/h1-3H/p+1. The maximum Gasteiger partial charge on any atom is 0.425 e. The lowest BCUT2D eigenvalue weighted by Crippen LogP contribution is -2.22. The number of alkyl halides is 3. The van der Waals surface area contributed by atoms with Gasteiger partial charge < -0.3 is 0 Å². The second kappa shape index (κ2) is 2.58. The molecule has 1 aliphatic rings. The minimum atomic E-state index is -4.68. The second-order valence-electron chi connectivity index (χ2n) is 2.18. The van der Waals surface area contributed by atoms with Gasteiger partial charge in [0.25, 0.3) is 0 Å². The van der Waals surface area contributed by atoms with Crippen molar-refractivity contribution >= 4 is 11.6 Å². The lowest BCUT2D eigenvalue weighted by Gasteiger charge is -2.06. The van der Waals surface area contributed by atoms with Crippen LogP contribution in [-0.2, 0) is 4.79 Å². The van der Waals surface area contributed by atoms with Gasteiger partial charge in [0.1, 0.15) is 0 Å². The van der Waals surface area contributed by atoms with Crippen molar-refractivity contribution in [3.05, 3.63) is 23.8 Å². The molecule has 0 heterocycles. The third-order valence-corrected chi connectivity index (χ3v) is 1.27. The Morgan fingerprint density at radius 2 is 1.83 bits per heavy atom. The van der Waals surface area contributed by atoms with Gasteiger partial charge in [-0.05, 0) is 6.08 Å². The monoisotopic (exact) mass is 177 g/mol. The van der Waals surface area contributed by atoms with Crippen LogP contribution in [0.25, 0.3) is 0 Å². The van der Waals surface area contributed by atoms with Crippen LogP contribution in [0.5, 0.6) is 0 Å². The molecule has 0 spiro atoms. The van der Waals surface area contributed by atoms with E-state index in [9.17, 15) is 18.0 Å². The number of hydrogen-bond acceptors (Lipinski definition) is 1. The van der Waals surface area contributed by atoms with Crippen LogP contribution < -0.4 is 0 Å². The van der Waals surface area contributed by atoms with Crippen LogP contribution >= 0.6 is 0 Å². The highest BCUT2D eigenvalue weighted by atomic mass is 19.4. The smallest absolute Gasteiger partial charge is 0.290 e. The molecular weight excluding hydrogens is 173 g/mol. The molecule has 0 unspecified atom stereocenters. The highest BCUT2D eigenvalue weighted by Gasteiger charge is 2.42. The average molecular weight is 177 g/mol. The van der Waals surface area contributed by atoms with Crippen LogP contribution in [0, 0.1) is 0 Å². The van der Waals surface area contributed by atoms with E-state index in [-0.39, 0.29) is 0 Å². The normalized spacial score (nSPS) is 18.1. The van der Waals surface area contributed by atoms with Crippen molar-refractivity contribution in [3.63, 3.8) is 0 Å². The van der Waals surface area contributed by atoms with Crippen molar-refractivity contribution in [1.29, 1.82) is 0 Å². The maximum atomic E-state index is 11.9. The molecule has 0 aliphatic heterocycles. The van der Waals surface area contributed by atoms with E-state index in [0.29, 0.717) is 6.08 Å². The van der Waals surface area contributed by atoms with E-state index >= 15 is 0 Å². The third kappa shape index (κ3) is 1.61. The molecule has 0 saturated carbocycles. The molecule has 0 bridgehead atoms. The number of carbonyl (C=O) groups excluding carboxylic acids is 2. The molecule has 0 radical (unpaired) electrons. The first-order valence-corrected chi connectivity index (χ1v) is 2.98. The fourth-order valence-electron chi connectivity index (χ4n) is 0.742. The molecule has 5 heteroatoms. The van der Waals surface area contributed by atoms with E-state index in [0.717, 1.165) is 12.2 Å². The first kappa shape index (κ1) is 8.70. The fraction of sp³-hybridized carbons (Fsp3) is 0.143. The highest BCUT2D eigenvalue weighted by molar-refractivity contribution is 6.18. The van der Waals surface area contributed by atoms with Crippen LogP contribution in [-0.4, -0.2) is 22.5 Å². The Hall–Kier alpha value is -1.39. The van der Waals surface area contributed by atoms with Gasteiger partial charge in [-0.3, -0.25) is 9.59 Å². The first-order chi connectivity index (χ1) is 5.41. The van der Waals surface area contributed by atoms with Crippen LogP contribution in [0.2, 0.25) is 0 Å². The Balaban J connectivity index is 3.05. The van der Waals surface area contributed by atoms with Crippen LogP contribution in [0.4, 0.5) is 13.2 Å². The van der Waals surface area contributed by atoms with E-state index in [1.807, 2.05) is 0 Å². The molecule has 0 fully saturated rings. The molecular formula is C7H4F3O2+. The summed E-state index contributed by atoms with van der Waals surface area (Å²) in [6, 6.07) is 0. The van der Waals surface area contributed by atoms with E-state index in [4.69, 9.17) is 4.79 Å². The van der Waals surface area contributed by atoms with Crippen LogP contribution in [0.1, 0.15) is 0 Å². The predicted molar refractivity (Wildman–Crippen MR) is 35.2 cm³/mol. The fourth-order valence-corrected chi connectivity index (χ4v) is 0.742. The molecule has 0 aromatic carbocycles. The van der Waals surface area contributed by atoms with Gasteiger partial charge in [0.15, 0.2) is 11.4 Å². The van der Waals surface area contributed by atoms with Crippen molar-refractivity contribution < 1.29 is 22.8 Å². The molecule has 0 aromatic rings. The second-order valence-corrected chi connectivity index (χ2v) is 2.18. The Bertz CT molecular complexity index is 296. The van der Waals surface area contributed by atoms with Gasteiger partial charge in [-0.25, -0.2) is 0 Å². The molecule has 64 valence electrons. The lowest BCUT2D eigenvalue weighted by atomic mass is 10.0. The third-order valence-electron chi connectivity index (χ3n) is 1.27. The zero-order valence-corrected chi connectivity index (χ0v) is 5.72. The molecule has 1 aliphatic carbocycles. The summed E-state index contributed by atoms with van der Waals surface area (Å²) in [5.74, 6) is -1.71. The number of hydrogen-bond donors (Lipinski definition) is 0. The zero-order valence-electron chi connectivity index (χ0n) is 5.72. The van der Waals surface area contributed by atoms with Crippen molar-refractivity contribution in [2.24, 2.45) is 0 Å². The molecule has 2 nitrogen and oxygen atoms in total. The summed E-state index contributed by atoms with van der Waals surface area (Å²) in [4.78, 5) is 19.2. The Morgan fingerprint density at radius 1 is 1.25 bits per heavy atom. The average Bonchev–Trinajstić information content (AvgIpc) is 1.92. The highest BCUT2D eigenvalue weighted by Crippen LogP contribution is 2.27. The molecule has 0 saturated heterocycles. The predicted octanol–water partition coefficient (Wildman–Crippen LogP) is 1.16. The Labute approximate surface area is 65.4 Å². The number of allylic oxidation sites excluding steroid dienone is 4. The summed E-state index contributed by atoms with van der Waals surface area (Å²) < 4.78 is 35.8. The van der Waals surface area contributed by atoms with Gasteiger partial charge in [0.2, 0.25) is 0 Å². The molecule has 1 rings (SSSR count). The van der Waals surface area contributed by atoms with Crippen LogP contribution in [0.15, 0.2) is 23.8 Å². The van der Waals surface area contributed by atoms with Crippen molar-refractivity contribution in [2.75, 3.05) is 0 Å². The molecule has 12 heavy (non-hydrogen) atoms. The first-order valence-electron chi connectivity index (χ1n) is 2.98. The molecule has 0 aromatic heterocycles. The summed E-state index contributed by atoms with van der Waals surface area (Å²) in [5, 5.41) is 0. The van der Waals surface area contributed by atoms with Gasteiger partial charge >= 0.3 is 12.0 Å². The molecule has 0 atom stereocenters. The SMILES string of the molecule is O=C1C=CC(=[OH+])C(C(F)(F)F)=C1. The summed E-state index contributed by atoms with van der Waals surface area (Å²) in [6.45, 7) is 0. The van der Waals surface area contributed by atoms with E-state index in [1.54, 1.807) is 0 Å². The van der Waals surface area contributed by atoms with Gasteiger partial charge in [-0.2, -0.15) is 13.2 Å². The molecule has 1 N–H and O–H groups in total. The number of carbonyl (C=O) groups is 1. The van der Waals surface area contributed by atoms with Crippen LogP contribution in [0.3, 0.4) is 0 Å². The maximum absolute atomic E-state index is 11.9. The Morgan fingerprint density at radius 3 is 2.25 bits per heavy atom. The van der Waals surface area contributed by atoms with Crippen molar-refractivity contribution in [1.82, 2.24) is 0 Å². The minimum absolute atomic E-state index is 0.356. The van der Waals surface area contributed by atoms with E-state index in [1.165, 1.54) is 0 Å². The topological polar surface area (TPSA) is 38.5 Å². The summed E-state index contributed by atoms with van der Waals surface area (Å²) in [7, 11) is 0. The Kier molecular flexibility index (Phi) is 1.87. The quantitative estimate of drug-likeness (QED) is 0.404. The summed E-state index contributed by atoms with van der Waals surface area (Å²) in [6.07, 6.45) is -2.73. The van der Waals surface area contributed by atoms with Gasteiger partial charge in [0, 0.05) is 12.2 Å². The van der Waals surface area contributed by atoms with E-state index < -0.39 is 23.3 Å². The van der Waals surface area contributed by atoms with Crippen molar-refractivity contribution in [3.8, 4) is 0 Å². The number of rotatable bonds is 0. The molecule has 0 amide bonds. The van der Waals surface area contributed by atoms with E-state index in [2.05, 4.69) is 0 Å². The van der Waals surface area contributed by atoms with Gasteiger partial charge in [0.05, 0.1) is 0 Å². The van der Waals surface area contributed by atoms with Crippen molar-refractivity contribution in [2.45, 2.75) is 6.18 Å². The minimum Gasteiger partial charge on any atom is -0.290 e. The number of halogens is 3.